The van der Waals surface area contributed by atoms with Gasteiger partial charge in [0, 0.05) is 17.1 Å². The van der Waals surface area contributed by atoms with Crippen molar-refractivity contribution < 1.29 is 14.7 Å². The number of thiocarbonyl (C=S) groups is 1. The van der Waals surface area contributed by atoms with Gasteiger partial charge in [-0.3, -0.25) is 19.8 Å². The number of anilines is 1. The van der Waals surface area contributed by atoms with Gasteiger partial charge in [0.15, 0.2) is 5.11 Å². The molecular weight excluding hydrogens is 422 g/mol. The summed E-state index contributed by atoms with van der Waals surface area (Å²) in [6.45, 7) is 7.70. The second-order valence-electron chi connectivity index (χ2n) is 7.93. The summed E-state index contributed by atoms with van der Waals surface area (Å²) in [5.41, 5.74) is 5.97. The van der Waals surface area contributed by atoms with Crippen molar-refractivity contribution in [1.82, 2.24) is 9.88 Å². The summed E-state index contributed by atoms with van der Waals surface area (Å²) < 4.78 is 2.00. The molecule has 1 saturated heterocycles. The lowest BCUT2D eigenvalue weighted by atomic mass is 10.0. The molecule has 0 aliphatic carbocycles. The summed E-state index contributed by atoms with van der Waals surface area (Å²) in [6, 6.07) is 14.5. The molecular formula is C25H23N3O3S. The van der Waals surface area contributed by atoms with E-state index >= 15 is 0 Å². The number of hydrogen-bond acceptors (Lipinski definition) is 4. The minimum Gasteiger partial charge on any atom is -0.508 e. The minimum absolute atomic E-state index is 0.0189. The van der Waals surface area contributed by atoms with E-state index in [0.717, 1.165) is 33.8 Å². The maximum Gasteiger partial charge on any atom is 0.270 e. The molecule has 1 fully saturated rings. The molecule has 4 rings (SSSR count). The molecule has 0 saturated carbocycles. The molecule has 1 aliphatic rings. The summed E-state index contributed by atoms with van der Waals surface area (Å²) in [5, 5.41) is 12.3. The highest BCUT2D eigenvalue weighted by Gasteiger charge is 2.35. The maximum atomic E-state index is 13.4. The van der Waals surface area contributed by atoms with Crippen molar-refractivity contribution in [3.8, 4) is 11.4 Å². The first kappa shape index (κ1) is 21.5. The van der Waals surface area contributed by atoms with Crippen molar-refractivity contribution in [2.45, 2.75) is 27.7 Å². The number of phenols is 1. The van der Waals surface area contributed by atoms with Crippen molar-refractivity contribution >= 4 is 40.9 Å². The van der Waals surface area contributed by atoms with Crippen LogP contribution in [0.2, 0.25) is 0 Å². The third-order valence-corrected chi connectivity index (χ3v) is 5.87. The van der Waals surface area contributed by atoms with Gasteiger partial charge < -0.3 is 9.67 Å². The monoisotopic (exact) mass is 445 g/mol. The van der Waals surface area contributed by atoms with Gasteiger partial charge in [-0.2, -0.15) is 0 Å². The Labute approximate surface area is 191 Å². The predicted molar refractivity (Wildman–Crippen MR) is 129 cm³/mol. The fraction of sp³-hybridized carbons (Fsp3) is 0.160. The number of aromatic nitrogens is 1. The summed E-state index contributed by atoms with van der Waals surface area (Å²) in [4.78, 5) is 27.5. The number of rotatable bonds is 3. The number of nitrogens with one attached hydrogen (secondary N) is 1. The lowest BCUT2D eigenvalue weighted by Crippen LogP contribution is -2.54. The first-order chi connectivity index (χ1) is 15.2. The smallest absolute Gasteiger partial charge is 0.270 e. The standard InChI is InChI=1S/C25H23N3O3S/c1-14-5-6-15(2)22(11-14)28-24(31)21(23(30)26-25(28)32)13-18-12-16(3)27(17(18)4)19-7-9-20(29)10-8-19/h5-13,29H,1-4H3,(H,26,30,32)/b21-13-. The first-order valence-corrected chi connectivity index (χ1v) is 10.5. The van der Waals surface area contributed by atoms with Gasteiger partial charge in [-0.25, -0.2) is 0 Å². The van der Waals surface area contributed by atoms with E-state index in [0.29, 0.717) is 5.69 Å². The molecule has 2 heterocycles. The van der Waals surface area contributed by atoms with Crippen LogP contribution in [0.3, 0.4) is 0 Å². The van der Waals surface area contributed by atoms with Gasteiger partial charge >= 0.3 is 0 Å². The van der Waals surface area contributed by atoms with Gasteiger partial charge in [0.1, 0.15) is 11.3 Å². The first-order valence-electron chi connectivity index (χ1n) is 10.1. The van der Waals surface area contributed by atoms with Crippen molar-refractivity contribution in [3.63, 3.8) is 0 Å². The Morgan fingerprint density at radius 3 is 2.34 bits per heavy atom. The predicted octanol–water partition coefficient (Wildman–Crippen LogP) is 4.25. The summed E-state index contributed by atoms with van der Waals surface area (Å²) >= 11 is 5.33. The molecule has 0 bridgehead atoms. The van der Waals surface area contributed by atoms with Crippen LogP contribution in [0.4, 0.5) is 5.69 Å². The number of amides is 2. The summed E-state index contributed by atoms with van der Waals surface area (Å²) in [7, 11) is 0. The van der Waals surface area contributed by atoms with Crippen LogP contribution in [0, 0.1) is 27.7 Å². The molecule has 6 nitrogen and oxygen atoms in total. The molecule has 0 unspecified atom stereocenters. The Bertz CT molecular complexity index is 1300. The number of aromatic hydroxyl groups is 1. The summed E-state index contributed by atoms with van der Waals surface area (Å²) in [5.74, 6) is -0.789. The highest BCUT2D eigenvalue weighted by Crippen LogP contribution is 2.28. The van der Waals surface area contributed by atoms with Crippen molar-refractivity contribution in [3.05, 3.63) is 82.2 Å². The summed E-state index contributed by atoms with van der Waals surface area (Å²) in [6.07, 6.45) is 1.61. The van der Waals surface area contributed by atoms with Crippen molar-refractivity contribution in [2.75, 3.05) is 4.90 Å². The van der Waals surface area contributed by atoms with E-state index in [2.05, 4.69) is 5.32 Å². The largest absolute Gasteiger partial charge is 0.508 e. The molecule has 2 N–H and O–H groups in total. The number of phenolic OH excluding ortho intramolecular Hbond substituents is 1. The van der Waals surface area contributed by atoms with Crippen LogP contribution in [-0.2, 0) is 9.59 Å². The average Bonchev–Trinajstić information content (AvgIpc) is 3.01. The number of hydrogen-bond donors (Lipinski definition) is 2. The van der Waals surface area contributed by atoms with Gasteiger partial charge in [-0.15, -0.1) is 0 Å². The third kappa shape index (κ3) is 3.71. The Morgan fingerprint density at radius 2 is 1.66 bits per heavy atom. The Hall–Kier alpha value is -3.71. The topological polar surface area (TPSA) is 74.6 Å². The van der Waals surface area contributed by atoms with Gasteiger partial charge in [0.25, 0.3) is 11.8 Å². The van der Waals surface area contributed by atoms with Crippen LogP contribution in [0.15, 0.2) is 54.1 Å². The molecule has 0 atom stereocenters. The van der Waals surface area contributed by atoms with Crippen LogP contribution in [0.25, 0.3) is 11.8 Å². The van der Waals surface area contributed by atoms with Crippen LogP contribution in [-0.4, -0.2) is 26.6 Å². The van der Waals surface area contributed by atoms with E-state index in [4.69, 9.17) is 12.2 Å². The van der Waals surface area contributed by atoms with Crippen LogP contribution in [0.5, 0.6) is 5.75 Å². The molecule has 1 aliphatic heterocycles. The quantitative estimate of drug-likeness (QED) is 0.359. The molecule has 32 heavy (non-hydrogen) atoms. The van der Waals surface area contributed by atoms with E-state index in [1.54, 1.807) is 18.2 Å². The zero-order chi connectivity index (χ0) is 23.2. The highest BCUT2D eigenvalue weighted by atomic mass is 32.1. The van der Waals surface area contributed by atoms with Crippen LogP contribution in [0.1, 0.15) is 28.1 Å². The van der Waals surface area contributed by atoms with Gasteiger partial charge in [0.05, 0.1) is 5.69 Å². The molecule has 0 radical (unpaired) electrons. The third-order valence-electron chi connectivity index (χ3n) is 5.59. The molecule has 7 heteroatoms. The normalized spacial score (nSPS) is 15.4. The fourth-order valence-electron chi connectivity index (χ4n) is 3.92. The molecule has 2 aromatic carbocycles. The van der Waals surface area contributed by atoms with Crippen molar-refractivity contribution in [2.24, 2.45) is 0 Å². The number of carbonyl (C=O) groups is 2. The molecule has 0 spiro atoms. The zero-order valence-electron chi connectivity index (χ0n) is 18.3. The van der Waals surface area contributed by atoms with E-state index in [-0.39, 0.29) is 16.4 Å². The van der Waals surface area contributed by atoms with Crippen LogP contribution >= 0.6 is 12.2 Å². The lowest BCUT2D eigenvalue weighted by Gasteiger charge is -2.30. The van der Waals surface area contributed by atoms with Gasteiger partial charge in [0.2, 0.25) is 0 Å². The van der Waals surface area contributed by atoms with E-state index in [1.165, 1.54) is 4.90 Å². The fourth-order valence-corrected chi connectivity index (χ4v) is 4.20. The van der Waals surface area contributed by atoms with E-state index in [1.807, 2.05) is 68.7 Å². The molecule has 3 aromatic rings. The maximum absolute atomic E-state index is 13.4. The second-order valence-corrected chi connectivity index (χ2v) is 8.31. The van der Waals surface area contributed by atoms with Crippen LogP contribution < -0.4 is 10.2 Å². The Kier molecular flexibility index (Phi) is 5.44. The molecule has 1 aromatic heterocycles. The van der Waals surface area contributed by atoms with Crippen molar-refractivity contribution in [1.29, 1.82) is 0 Å². The number of nitrogens with zero attached hydrogens (tertiary/aromatic N) is 2. The lowest BCUT2D eigenvalue weighted by molar-refractivity contribution is -0.122. The zero-order valence-corrected chi connectivity index (χ0v) is 19.1. The Balaban J connectivity index is 1.78. The number of aryl methyl sites for hydroxylation is 3. The Morgan fingerprint density at radius 1 is 0.969 bits per heavy atom. The van der Waals surface area contributed by atoms with Gasteiger partial charge in [-0.1, -0.05) is 12.1 Å². The van der Waals surface area contributed by atoms with Gasteiger partial charge in [-0.05, 0) is 99.1 Å². The SMILES string of the molecule is Cc1ccc(C)c(N2C(=O)/C(=C\c3cc(C)n(-c4ccc(O)cc4)c3C)C(=O)NC2=S)c1. The molecule has 162 valence electrons. The average molecular weight is 446 g/mol. The molecule has 2 amide bonds. The highest BCUT2D eigenvalue weighted by molar-refractivity contribution is 7.80. The number of carbonyl (C=O) groups excluding carboxylic acids is 2. The minimum atomic E-state index is -0.518. The van der Waals surface area contributed by atoms with E-state index < -0.39 is 11.8 Å². The van der Waals surface area contributed by atoms with E-state index in [9.17, 15) is 14.7 Å². The number of benzene rings is 2. The second kappa shape index (κ2) is 8.09.